The van der Waals surface area contributed by atoms with Gasteiger partial charge in [-0.05, 0) is 43.3 Å². The van der Waals surface area contributed by atoms with Crippen molar-refractivity contribution in [1.82, 2.24) is 9.55 Å². The lowest BCUT2D eigenvalue weighted by molar-refractivity contribution is 0.191. The molecule has 1 heterocycles. The van der Waals surface area contributed by atoms with Gasteiger partial charge in [0.05, 0.1) is 11.0 Å². The fourth-order valence-corrected chi connectivity index (χ4v) is 2.33. The van der Waals surface area contributed by atoms with Crippen molar-refractivity contribution in [3.63, 3.8) is 0 Å². The highest BCUT2D eigenvalue weighted by atomic mass is 35.5. The van der Waals surface area contributed by atoms with Crippen molar-refractivity contribution in [1.29, 1.82) is 0 Å². The molecule has 0 unspecified atom stereocenters. The SMILES string of the molecule is COCCCCn1c(=S)[nH]c2ccc(Cl)cc21. The molecule has 2 aromatic rings. The number of methoxy groups -OCH3 is 1. The van der Waals surface area contributed by atoms with Crippen molar-refractivity contribution in [3.8, 4) is 0 Å². The van der Waals surface area contributed by atoms with Crippen LogP contribution in [-0.4, -0.2) is 23.3 Å². The van der Waals surface area contributed by atoms with Crippen molar-refractivity contribution < 1.29 is 4.74 Å². The number of hydrogen-bond acceptors (Lipinski definition) is 2. The Labute approximate surface area is 110 Å². The number of aromatic amines is 1. The van der Waals surface area contributed by atoms with Crippen molar-refractivity contribution >= 4 is 34.9 Å². The molecule has 0 atom stereocenters. The highest BCUT2D eigenvalue weighted by Gasteiger charge is 2.04. The molecule has 0 saturated heterocycles. The van der Waals surface area contributed by atoms with Crippen LogP contribution in [0.4, 0.5) is 0 Å². The van der Waals surface area contributed by atoms with E-state index in [0.717, 1.165) is 46.8 Å². The van der Waals surface area contributed by atoms with E-state index in [2.05, 4.69) is 9.55 Å². The fourth-order valence-electron chi connectivity index (χ4n) is 1.86. The number of nitrogens with zero attached hydrogens (tertiary/aromatic N) is 1. The Morgan fingerprint density at radius 2 is 2.24 bits per heavy atom. The van der Waals surface area contributed by atoms with Gasteiger partial charge in [-0.25, -0.2) is 0 Å². The second-order valence-electron chi connectivity index (χ2n) is 3.94. The van der Waals surface area contributed by atoms with Gasteiger partial charge < -0.3 is 14.3 Å². The molecule has 3 nitrogen and oxygen atoms in total. The molecule has 0 saturated carbocycles. The van der Waals surface area contributed by atoms with Gasteiger partial charge in [-0.3, -0.25) is 0 Å². The zero-order valence-corrected chi connectivity index (χ0v) is 11.3. The summed E-state index contributed by atoms with van der Waals surface area (Å²) in [5.41, 5.74) is 2.10. The molecule has 2 rings (SSSR count). The minimum atomic E-state index is 0.733. The predicted octanol–water partition coefficient (Wildman–Crippen LogP) is 3.78. The molecular weight excluding hydrogens is 256 g/mol. The van der Waals surface area contributed by atoms with Gasteiger partial charge in [0.15, 0.2) is 4.77 Å². The van der Waals surface area contributed by atoms with Crippen LogP contribution in [0.5, 0.6) is 0 Å². The molecular formula is C12H15ClN2OS. The molecule has 0 aliphatic rings. The maximum Gasteiger partial charge on any atom is 0.178 e. The summed E-state index contributed by atoms with van der Waals surface area (Å²) in [4.78, 5) is 3.18. The number of halogens is 1. The third-order valence-electron chi connectivity index (χ3n) is 2.72. The first kappa shape index (κ1) is 12.6. The zero-order chi connectivity index (χ0) is 12.3. The molecule has 1 aromatic heterocycles. The second-order valence-corrected chi connectivity index (χ2v) is 4.77. The van der Waals surface area contributed by atoms with Gasteiger partial charge in [-0.1, -0.05) is 11.6 Å². The third-order valence-corrected chi connectivity index (χ3v) is 3.28. The minimum Gasteiger partial charge on any atom is -0.385 e. The molecule has 5 heteroatoms. The quantitative estimate of drug-likeness (QED) is 0.662. The normalized spacial score (nSPS) is 11.2. The number of aryl methyl sites for hydroxylation is 1. The predicted molar refractivity (Wildman–Crippen MR) is 73.2 cm³/mol. The summed E-state index contributed by atoms with van der Waals surface area (Å²) in [7, 11) is 1.72. The molecule has 0 bridgehead atoms. The standard InChI is InChI=1S/C12H15ClN2OS/c1-16-7-3-2-6-15-11-8-9(13)4-5-10(11)14-12(15)17/h4-5,8H,2-3,6-7H2,1H3,(H,14,17). The van der Waals surface area contributed by atoms with Crippen LogP contribution in [0.1, 0.15) is 12.8 Å². The topological polar surface area (TPSA) is 29.9 Å². The van der Waals surface area contributed by atoms with Gasteiger partial charge in [0.25, 0.3) is 0 Å². The fraction of sp³-hybridized carbons (Fsp3) is 0.417. The van der Waals surface area contributed by atoms with Gasteiger partial charge in [0.2, 0.25) is 0 Å². The van der Waals surface area contributed by atoms with Crippen LogP contribution < -0.4 is 0 Å². The van der Waals surface area contributed by atoms with Crippen molar-refractivity contribution in [2.24, 2.45) is 0 Å². The summed E-state index contributed by atoms with van der Waals surface area (Å²) in [6.07, 6.45) is 2.08. The van der Waals surface area contributed by atoms with Crippen LogP contribution in [0.15, 0.2) is 18.2 Å². The first-order chi connectivity index (χ1) is 8.22. The van der Waals surface area contributed by atoms with E-state index in [0.29, 0.717) is 0 Å². The van der Waals surface area contributed by atoms with Gasteiger partial charge >= 0.3 is 0 Å². The van der Waals surface area contributed by atoms with Crippen molar-refractivity contribution in [2.75, 3.05) is 13.7 Å². The molecule has 0 fully saturated rings. The number of H-pyrrole nitrogens is 1. The van der Waals surface area contributed by atoms with E-state index in [4.69, 9.17) is 28.6 Å². The van der Waals surface area contributed by atoms with E-state index in [1.807, 2.05) is 18.2 Å². The lowest BCUT2D eigenvalue weighted by atomic mass is 10.3. The number of hydrogen-bond donors (Lipinski definition) is 1. The van der Waals surface area contributed by atoms with Gasteiger partial charge in [0.1, 0.15) is 0 Å². The number of fused-ring (bicyclic) bond motifs is 1. The molecule has 17 heavy (non-hydrogen) atoms. The minimum absolute atomic E-state index is 0.733. The summed E-state index contributed by atoms with van der Waals surface area (Å²) in [5.74, 6) is 0. The summed E-state index contributed by atoms with van der Waals surface area (Å²) >= 11 is 11.3. The molecule has 1 N–H and O–H groups in total. The largest absolute Gasteiger partial charge is 0.385 e. The number of ether oxygens (including phenoxy) is 1. The Balaban J connectivity index is 2.23. The van der Waals surface area contributed by atoms with E-state index < -0.39 is 0 Å². The van der Waals surface area contributed by atoms with E-state index in [-0.39, 0.29) is 0 Å². The molecule has 0 spiro atoms. The van der Waals surface area contributed by atoms with Gasteiger partial charge in [0, 0.05) is 25.3 Å². The van der Waals surface area contributed by atoms with E-state index in [1.54, 1.807) is 7.11 Å². The smallest absolute Gasteiger partial charge is 0.178 e. The number of imidazole rings is 1. The molecule has 0 aliphatic heterocycles. The van der Waals surface area contributed by atoms with Gasteiger partial charge in [-0.2, -0.15) is 0 Å². The number of unbranched alkanes of at least 4 members (excludes halogenated alkanes) is 1. The molecule has 1 aromatic carbocycles. The Bertz CT molecular complexity index is 561. The van der Waals surface area contributed by atoms with Crippen LogP contribution in [0.3, 0.4) is 0 Å². The lowest BCUT2D eigenvalue weighted by Crippen LogP contribution is -1.99. The summed E-state index contributed by atoms with van der Waals surface area (Å²) in [5, 5.41) is 0.733. The third kappa shape index (κ3) is 2.89. The summed E-state index contributed by atoms with van der Waals surface area (Å²) in [6, 6.07) is 5.77. The maximum atomic E-state index is 6.00. The summed E-state index contributed by atoms with van der Waals surface area (Å²) < 4.78 is 7.87. The first-order valence-electron chi connectivity index (χ1n) is 5.59. The monoisotopic (exact) mass is 270 g/mol. The number of aromatic nitrogens is 2. The Morgan fingerprint density at radius 1 is 1.41 bits per heavy atom. The zero-order valence-electron chi connectivity index (χ0n) is 9.70. The summed E-state index contributed by atoms with van der Waals surface area (Å²) in [6.45, 7) is 1.68. The lowest BCUT2D eigenvalue weighted by Gasteiger charge is -2.04. The molecule has 0 radical (unpaired) electrons. The highest BCUT2D eigenvalue weighted by Crippen LogP contribution is 2.19. The Morgan fingerprint density at radius 3 is 3.00 bits per heavy atom. The second kappa shape index (κ2) is 5.67. The average Bonchev–Trinajstić information content (AvgIpc) is 2.61. The maximum absolute atomic E-state index is 6.00. The van der Waals surface area contributed by atoms with Crippen LogP contribution in [-0.2, 0) is 11.3 Å². The van der Waals surface area contributed by atoms with E-state index >= 15 is 0 Å². The average molecular weight is 271 g/mol. The number of nitrogens with one attached hydrogen (secondary N) is 1. The van der Waals surface area contributed by atoms with E-state index in [9.17, 15) is 0 Å². The number of benzene rings is 1. The highest BCUT2D eigenvalue weighted by molar-refractivity contribution is 7.71. The van der Waals surface area contributed by atoms with E-state index in [1.165, 1.54) is 0 Å². The van der Waals surface area contributed by atoms with Crippen molar-refractivity contribution in [2.45, 2.75) is 19.4 Å². The van der Waals surface area contributed by atoms with Crippen LogP contribution in [0, 0.1) is 4.77 Å². The van der Waals surface area contributed by atoms with Crippen LogP contribution in [0.2, 0.25) is 5.02 Å². The first-order valence-corrected chi connectivity index (χ1v) is 6.38. The molecule has 92 valence electrons. The van der Waals surface area contributed by atoms with Crippen LogP contribution >= 0.6 is 23.8 Å². The molecule has 0 amide bonds. The Hall–Kier alpha value is -0.840. The van der Waals surface area contributed by atoms with Gasteiger partial charge in [-0.15, -0.1) is 0 Å². The number of rotatable bonds is 5. The van der Waals surface area contributed by atoms with Crippen LogP contribution in [0.25, 0.3) is 11.0 Å². The Kier molecular flexibility index (Phi) is 4.20. The van der Waals surface area contributed by atoms with Crippen molar-refractivity contribution in [3.05, 3.63) is 28.0 Å². The molecule has 0 aliphatic carbocycles.